The molecule has 27 heavy (non-hydrogen) atoms. The van der Waals surface area contributed by atoms with Gasteiger partial charge < -0.3 is 9.55 Å². The second kappa shape index (κ2) is 5.48. The second-order valence-corrected chi connectivity index (χ2v) is 7.74. The third-order valence-corrected chi connectivity index (χ3v) is 6.05. The molecule has 0 saturated carbocycles. The van der Waals surface area contributed by atoms with E-state index in [0.29, 0.717) is 0 Å². The number of halogens is 1. The van der Waals surface area contributed by atoms with E-state index in [9.17, 15) is 0 Å². The topological polar surface area (TPSA) is 20.7 Å². The molecule has 0 unspecified atom stereocenters. The number of aromatic amines is 1. The van der Waals surface area contributed by atoms with Crippen molar-refractivity contribution in [1.82, 2.24) is 9.55 Å². The Bertz CT molecular complexity index is 1430. The van der Waals surface area contributed by atoms with E-state index in [4.69, 9.17) is 0 Å². The van der Waals surface area contributed by atoms with Crippen LogP contribution in [0.4, 0.5) is 0 Å². The Morgan fingerprint density at radius 3 is 2.07 bits per heavy atom. The number of aromatic nitrogens is 2. The zero-order valence-corrected chi connectivity index (χ0v) is 16.0. The predicted octanol–water partition coefficient (Wildman–Crippen LogP) is 7.18. The van der Waals surface area contributed by atoms with Crippen LogP contribution in [-0.4, -0.2) is 9.55 Å². The Balaban J connectivity index is 1.76. The van der Waals surface area contributed by atoms with Gasteiger partial charge >= 0.3 is 0 Å². The van der Waals surface area contributed by atoms with E-state index in [1.165, 1.54) is 38.3 Å². The maximum Gasteiger partial charge on any atom is 0.0541 e. The van der Waals surface area contributed by atoms with Crippen LogP contribution >= 0.6 is 15.9 Å². The molecule has 0 saturated heterocycles. The molecule has 0 radical (unpaired) electrons. The largest absolute Gasteiger partial charge is 0.354 e. The minimum atomic E-state index is 1.12. The molecule has 2 nitrogen and oxygen atoms in total. The Labute approximate surface area is 164 Å². The highest BCUT2D eigenvalue weighted by Gasteiger charge is 2.13. The number of nitrogens with zero attached hydrogens (tertiary/aromatic N) is 1. The van der Waals surface area contributed by atoms with Crippen LogP contribution in [0.15, 0.2) is 89.4 Å². The molecule has 6 aromatic rings. The minimum Gasteiger partial charge on any atom is -0.354 e. The lowest BCUT2D eigenvalue weighted by molar-refractivity contribution is 1.19. The molecule has 1 N–H and O–H groups in total. The van der Waals surface area contributed by atoms with Crippen molar-refractivity contribution in [3.05, 3.63) is 89.4 Å². The summed E-state index contributed by atoms with van der Waals surface area (Å²) in [6.07, 6.45) is 0. The van der Waals surface area contributed by atoms with E-state index >= 15 is 0 Å². The first-order valence-electron chi connectivity index (χ1n) is 9.00. The van der Waals surface area contributed by atoms with Gasteiger partial charge in [0.05, 0.1) is 11.0 Å². The van der Waals surface area contributed by atoms with E-state index in [2.05, 4.69) is 110 Å². The van der Waals surface area contributed by atoms with Crippen molar-refractivity contribution in [2.75, 3.05) is 0 Å². The van der Waals surface area contributed by atoms with Crippen molar-refractivity contribution in [3.63, 3.8) is 0 Å². The van der Waals surface area contributed by atoms with Gasteiger partial charge in [0.15, 0.2) is 0 Å². The first-order valence-corrected chi connectivity index (χ1v) is 9.79. The number of H-pyrrole nitrogens is 1. The first-order chi connectivity index (χ1) is 13.3. The maximum absolute atomic E-state index is 3.72. The molecule has 0 atom stereocenters. The minimum absolute atomic E-state index is 1.12. The van der Waals surface area contributed by atoms with Gasteiger partial charge in [0.1, 0.15) is 0 Å². The summed E-state index contributed by atoms with van der Waals surface area (Å²) < 4.78 is 3.48. The molecule has 4 aromatic carbocycles. The fraction of sp³-hybridized carbons (Fsp3) is 0. The van der Waals surface area contributed by atoms with Crippen molar-refractivity contribution in [2.24, 2.45) is 0 Å². The van der Waals surface area contributed by atoms with E-state index in [1.54, 1.807) is 0 Å². The summed E-state index contributed by atoms with van der Waals surface area (Å²) in [5, 5.41) is 5.04. The van der Waals surface area contributed by atoms with Crippen molar-refractivity contribution in [1.29, 1.82) is 0 Å². The first kappa shape index (κ1) is 15.1. The van der Waals surface area contributed by atoms with Crippen molar-refractivity contribution in [2.45, 2.75) is 0 Å². The van der Waals surface area contributed by atoms with Crippen LogP contribution in [-0.2, 0) is 0 Å². The number of rotatable bonds is 1. The van der Waals surface area contributed by atoms with E-state index in [0.717, 1.165) is 15.5 Å². The highest BCUT2D eigenvalue weighted by molar-refractivity contribution is 9.10. The normalized spacial score (nSPS) is 11.9. The molecule has 0 aliphatic rings. The standard InChI is InChI=1S/C24H15BrN2/c25-19-8-5-9-21-24(19)18-14-15(12-13-20(18)26-21)27-22-10-3-1-6-16(22)17-7-2-4-11-23(17)27/h1-14,26H. The summed E-state index contributed by atoms with van der Waals surface area (Å²) in [6.45, 7) is 0. The van der Waals surface area contributed by atoms with Crippen LogP contribution in [0.1, 0.15) is 0 Å². The molecule has 0 amide bonds. The fourth-order valence-electron chi connectivity index (χ4n) is 4.23. The summed E-state index contributed by atoms with van der Waals surface area (Å²) in [4.78, 5) is 3.53. The molecule has 2 heterocycles. The molecule has 0 fully saturated rings. The average molecular weight is 411 g/mol. The molecule has 2 aromatic heterocycles. The Morgan fingerprint density at radius 1 is 0.630 bits per heavy atom. The van der Waals surface area contributed by atoms with E-state index in [1.807, 2.05) is 0 Å². The number of hydrogen-bond acceptors (Lipinski definition) is 0. The van der Waals surface area contributed by atoms with Crippen LogP contribution in [0.5, 0.6) is 0 Å². The van der Waals surface area contributed by atoms with Gasteiger partial charge in [-0.2, -0.15) is 0 Å². The van der Waals surface area contributed by atoms with Crippen LogP contribution in [0.25, 0.3) is 49.3 Å². The van der Waals surface area contributed by atoms with Gasteiger partial charge in [-0.1, -0.05) is 58.4 Å². The zero-order valence-electron chi connectivity index (χ0n) is 14.4. The third-order valence-electron chi connectivity index (χ3n) is 5.39. The zero-order chi connectivity index (χ0) is 18.0. The molecular formula is C24H15BrN2. The van der Waals surface area contributed by atoms with Gasteiger partial charge in [0.2, 0.25) is 0 Å². The quantitative estimate of drug-likeness (QED) is 0.296. The molecule has 0 spiro atoms. The maximum atomic E-state index is 3.72. The number of benzene rings is 4. The molecule has 128 valence electrons. The van der Waals surface area contributed by atoms with Crippen LogP contribution in [0.3, 0.4) is 0 Å². The summed E-state index contributed by atoms with van der Waals surface area (Å²) in [5.41, 5.74) is 5.95. The highest BCUT2D eigenvalue weighted by atomic mass is 79.9. The van der Waals surface area contributed by atoms with Gasteiger partial charge in [-0.05, 0) is 42.5 Å². The van der Waals surface area contributed by atoms with Crippen molar-refractivity contribution in [3.8, 4) is 5.69 Å². The number of nitrogens with one attached hydrogen (secondary N) is 1. The predicted molar refractivity (Wildman–Crippen MR) is 118 cm³/mol. The van der Waals surface area contributed by atoms with Gasteiger partial charge in [-0.15, -0.1) is 0 Å². The van der Waals surface area contributed by atoms with Crippen molar-refractivity contribution < 1.29 is 0 Å². The molecule has 6 rings (SSSR count). The summed E-state index contributed by atoms with van der Waals surface area (Å²) >= 11 is 3.72. The van der Waals surface area contributed by atoms with E-state index < -0.39 is 0 Å². The number of fused-ring (bicyclic) bond motifs is 6. The van der Waals surface area contributed by atoms with Gasteiger partial charge in [0, 0.05) is 42.7 Å². The van der Waals surface area contributed by atoms with Gasteiger partial charge in [0.25, 0.3) is 0 Å². The third kappa shape index (κ3) is 2.06. The Hall–Kier alpha value is -3.04. The summed E-state index contributed by atoms with van der Waals surface area (Å²) in [7, 11) is 0. The van der Waals surface area contributed by atoms with Crippen LogP contribution in [0, 0.1) is 0 Å². The highest BCUT2D eigenvalue weighted by Crippen LogP contribution is 2.36. The fourth-order valence-corrected chi connectivity index (χ4v) is 4.81. The molecule has 0 aliphatic carbocycles. The monoisotopic (exact) mass is 410 g/mol. The molecule has 0 aliphatic heterocycles. The van der Waals surface area contributed by atoms with Crippen LogP contribution < -0.4 is 0 Å². The van der Waals surface area contributed by atoms with E-state index in [-0.39, 0.29) is 0 Å². The number of hydrogen-bond donors (Lipinski definition) is 1. The van der Waals surface area contributed by atoms with Gasteiger partial charge in [-0.3, -0.25) is 0 Å². The molecule has 0 bridgehead atoms. The SMILES string of the molecule is Brc1cccc2[nH]c3ccc(-n4c5ccccc5c5ccccc54)cc3c12. The number of para-hydroxylation sites is 2. The molecule has 3 heteroatoms. The van der Waals surface area contributed by atoms with Gasteiger partial charge in [-0.25, -0.2) is 0 Å². The second-order valence-electron chi connectivity index (χ2n) is 6.89. The Kier molecular flexibility index (Phi) is 3.06. The lowest BCUT2D eigenvalue weighted by Gasteiger charge is -2.08. The molecular weight excluding hydrogens is 396 g/mol. The van der Waals surface area contributed by atoms with Crippen LogP contribution in [0.2, 0.25) is 0 Å². The summed E-state index contributed by atoms with van der Waals surface area (Å²) in [5.74, 6) is 0. The summed E-state index contributed by atoms with van der Waals surface area (Å²) in [6, 6.07) is 30.2. The lowest BCUT2D eigenvalue weighted by atomic mass is 10.1. The van der Waals surface area contributed by atoms with Crippen molar-refractivity contribution >= 4 is 59.5 Å². The average Bonchev–Trinajstić information content (AvgIpc) is 3.24. The Morgan fingerprint density at radius 2 is 1.33 bits per heavy atom. The lowest BCUT2D eigenvalue weighted by Crippen LogP contribution is -1.93. The smallest absolute Gasteiger partial charge is 0.0541 e.